The predicted molar refractivity (Wildman–Crippen MR) is 77.6 cm³/mol. The molecule has 2 unspecified atom stereocenters. The Morgan fingerprint density at radius 2 is 1.95 bits per heavy atom. The van der Waals surface area contributed by atoms with E-state index < -0.39 is 12.1 Å². The molecule has 6 nitrogen and oxygen atoms in total. The third-order valence-electron chi connectivity index (χ3n) is 3.55. The Balaban J connectivity index is 2.57. The van der Waals surface area contributed by atoms with E-state index in [1.807, 2.05) is 20.8 Å². The van der Waals surface area contributed by atoms with Gasteiger partial charge < -0.3 is 10.0 Å². The van der Waals surface area contributed by atoms with Crippen molar-refractivity contribution in [1.82, 2.24) is 4.90 Å². The third kappa shape index (κ3) is 6.11. The molecule has 0 spiro atoms. The van der Waals surface area contributed by atoms with Crippen molar-refractivity contribution in [1.29, 1.82) is 0 Å². The standard InChI is InChI=1S/C15H27NO5/c1-15(2,3)9-13(18)12-8-11(17)10-16(12)14(19)6-4-5-7-21-20/h11-12,17,20H,4-10H2,1-3H3. The van der Waals surface area contributed by atoms with Gasteiger partial charge in [-0.3, -0.25) is 14.8 Å². The first-order valence-electron chi connectivity index (χ1n) is 7.51. The number of ketones is 1. The second-order valence-electron chi connectivity index (χ2n) is 6.95. The number of rotatable bonds is 7. The minimum atomic E-state index is -0.622. The number of aliphatic hydroxyl groups excluding tert-OH is 1. The van der Waals surface area contributed by atoms with Crippen LogP contribution in [0.2, 0.25) is 0 Å². The van der Waals surface area contributed by atoms with E-state index in [2.05, 4.69) is 4.89 Å². The second kappa shape index (κ2) is 7.87. The van der Waals surface area contributed by atoms with Gasteiger partial charge in [-0.05, 0) is 18.3 Å². The van der Waals surface area contributed by atoms with Crippen molar-refractivity contribution in [2.24, 2.45) is 5.41 Å². The van der Waals surface area contributed by atoms with Gasteiger partial charge in [0, 0.05) is 25.8 Å². The van der Waals surface area contributed by atoms with Gasteiger partial charge >= 0.3 is 0 Å². The lowest BCUT2D eigenvalue weighted by Crippen LogP contribution is -2.41. The number of aliphatic hydroxyl groups is 1. The van der Waals surface area contributed by atoms with E-state index >= 15 is 0 Å². The molecule has 1 fully saturated rings. The van der Waals surface area contributed by atoms with Crippen LogP contribution < -0.4 is 0 Å². The van der Waals surface area contributed by atoms with Crippen LogP contribution in [-0.4, -0.2) is 52.3 Å². The number of likely N-dealkylation sites (tertiary alicyclic amines) is 1. The maximum absolute atomic E-state index is 12.3. The third-order valence-corrected chi connectivity index (χ3v) is 3.55. The van der Waals surface area contributed by atoms with Crippen LogP contribution in [0.5, 0.6) is 0 Å². The number of carbonyl (C=O) groups excluding carboxylic acids is 2. The Morgan fingerprint density at radius 1 is 1.29 bits per heavy atom. The molecule has 21 heavy (non-hydrogen) atoms. The van der Waals surface area contributed by atoms with Crippen LogP contribution in [0.3, 0.4) is 0 Å². The van der Waals surface area contributed by atoms with Crippen LogP contribution >= 0.6 is 0 Å². The molecular formula is C15H27NO5. The molecule has 122 valence electrons. The van der Waals surface area contributed by atoms with Crippen molar-refractivity contribution in [3.8, 4) is 0 Å². The van der Waals surface area contributed by atoms with E-state index in [1.165, 1.54) is 4.90 Å². The van der Waals surface area contributed by atoms with E-state index in [-0.39, 0.29) is 30.3 Å². The number of Topliss-reactive ketones (excluding diaryl/α,β-unsaturated/α-hetero) is 1. The predicted octanol–water partition coefficient (Wildman–Crippen LogP) is 1.61. The molecule has 0 bridgehead atoms. The maximum Gasteiger partial charge on any atom is 0.223 e. The first kappa shape index (κ1) is 18.1. The van der Waals surface area contributed by atoms with E-state index in [0.29, 0.717) is 32.1 Å². The number of hydrogen-bond acceptors (Lipinski definition) is 5. The molecule has 1 aliphatic heterocycles. The summed E-state index contributed by atoms with van der Waals surface area (Å²) in [6, 6.07) is -0.499. The lowest BCUT2D eigenvalue weighted by atomic mass is 9.87. The van der Waals surface area contributed by atoms with Gasteiger partial charge in [0.1, 0.15) is 0 Å². The van der Waals surface area contributed by atoms with Gasteiger partial charge in [-0.1, -0.05) is 20.8 Å². The largest absolute Gasteiger partial charge is 0.391 e. The Bertz CT molecular complexity index is 364. The molecule has 0 radical (unpaired) electrons. The average Bonchev–Trinajstić information content (AvgIpc) is 2.75. The van der Waals surface area contributed by atoms with Crippen molar-refractivity contribution in [2.45, 2.75) is 65.0 Å². The van der Waals surface area contributed by atoms with E-state index in [0.717, 1.165) is 0 Å². The van der Waals surface area contributed by atoms with Crippen molar-refractivity contribution in [2.75, 3.05) is 13.2 Å². The van der Waals surface area contributed by atoms with Crippen LogP contribution in [0.4, 0.5) is 0 Å². The molecule has 6 heteroatoms. The Kier molecular flexibility index (Phi) is 6.77. The topological polar surface area (TPSA) is 87.1 Å². The number of unbranched alkanes of at least 4 members (excludes halogenated alkanes) is 1. The van der Waals surface area contributed by atoms with E-state index in [1.54, 1.807) is 0 Å². The molecule has 1 rings (SSSR count). The highest BCUT2D eigenvalue weighted by Gasteiger charge is 2.39. The lowest BCUT2D eigenvalue weighted by Gasteiger charge is -2.26. The summed E-state index contributed by atoms with van der Waals surface area (Å²) in [6.45, 7) is 6.38. The van der Waals surface area contributed by atoms with Gasteiger partial charge in [-0.15, -0.1) is 0 Å². The molecule has 0 aromatic rings. The molecule has 0 aliphatic carbocycles. The van der Waals surface area contributed by atoms with Crippen molar-refractivity contribution in [3.63, 3.8) is 0 Å². The molecule has 1 heterocycles. The van der Waals surface area contributed by atoms with Crippen LogP contribution in [-0.2, 0) is 14.5 Å². The van der Waals surface area contributed by atoms with Gasteiger partial charge in [0.15, 0.2) is 5.78 Å². The van der Waals surface area contributed by atoms with Crippen LogP contribution in [0.1, 0.15) is 52.9 Å². The Hall–Kier alpha value is -0.980. The van der Waals surface area contributed by atoms with Crippen molar-refractivity contribution in [3.05, 3.63) is 0 Å². The number of nitrogens with zero attached hydrogens (tertiary/aromatic N) is 1. The Morgan fingerprint density at radius 3 is 2.52 bits per heavy atom. The lowest BCUT2D eigenvalue weighted by molar-refractivity contribution is -0.242. The summed E-state index contributed by atoms with van der Waals surface area (Å²) in [4.78, 5) is 30.0. The molecule has 2 atom stereocenters. The molecule has 0 aromatic heterocycles. The molecule has 2 N–H and O–H groups in total. The minimum absolute atomic E-state index is 0.0195. The highest BCUT2D eigenvalue weighted by molar-refractivity contribution is 5.90. The summed E-state index contributed by atoms with van der Waals surface area (Å²) >= 11 is 0. The van der Waals surface area contributed by atoms with Gasteiger partial charge in [-0.25, -0.2) is 4.89 Å². The first-order chi connectivity index (χ1) is 9.74. The first-order valence-corrected chi connectivity index (χ1v) is 7.51. The highest BCUT2D eigenvalue weighted by Crippen LogP contribution is 2.26. The summed E-state index contributed by atoms with van der Waals surface area (Å²) in [5.41, 5.74) is -0.127. The summed E-state index contributed by atoms with van der Waals surface area (Å²) < 4.78 is 0. The second-order valence-corrected chi connectivity index (χ2v) is 6.95. The zero-order valence-electron chi connectivity index (χ0n) is 13.2. The normalized spacial score (nSPS) is 22.6. The van der Waals surface area contributed by atoms with Crippen molar-refractivity contribution >= 4 is 11.7 Å². The number of β-amino-alcohol motifs (C(OH)–C–C–N with tert-alkyl or cyclic N) is 1. The van der Waals surface area contributed by atoms with Gasteiger partial charge in [0.25, 0.3) is 0 Å². The number of carbonyl (C=O) groups is 2. The van der Waals surface area contributed by atoms with E-state index in [4.69, 9.17) is 5.26 Å². The zero-order valence-corrected chi connectivity index (χ0v) is 13.2. The molecule has 0 aromatic carbocycles. The Labute approximate surface area is 126 Å². The monoisotopic (exact) mass is 301 g/mol. The maximum atomic E-state index is 12.3. The van der Waals surface area contributed by atoms with Crippen LogP contribution in [0, 0.1) is 5.41 Å². The van der Waals surface area contributed by atoms with Gasteiger partial charge in [0.05, 0.1) is 18.8 Å². The quantitative estimate of drug-likeness (QED) is 0.424. The fraction of sp³-hybridized carbons (Fsp3) is 0.867. The van der Waals surface area contributed by atoms with E-state index in [9.17, 15) is 14.7 Å². The van der Waals surface area contributed by atoms with Crippen LogP contribution in [0.25, 0.3) is 0 Å². The van der Waals surface area contributed by atoms with Gasteiger partial charge in [0.2, 0.25) is 5.91 Å². The summed E-state index contributed by atoms with van der Waals surface area (Å²) in [7, 11) is 0. The minimum Gasteiger partial charge on any atom is -0.391 e. The fourth-order valence-electron chi connectivity index (χ4n) is 2.62. The summed E-state index contributed by atoms with van der Waals surface area (Å²) in [5.74, 6) is -0.0946. The van der Waals surface area contributed by atoms with Crippen LogP contribution in [0.15, 0.2) is 0 Å². The highest BCUT2D eigenvalue weighted by atomic mass is 17.1. The fourth-order valence-corrected chi connectivity index (χ4v) is 2.62. The van der Waals surface area contributed by atoms with Crippen molar-refractivity contribution < 1.29 is 24.8 Å². The summed E-state index contributed by atoms with van der Waals surface area (Å²) in [6.07, 6.45) is 1.58. The average molecular weight is 301 g/mol. The SMILES string of the molecule is CC(C)(C)CC(=O)C1CC(O)CN1C(=O)CCCCOO. The molecule has 1 aliphatic rings. The summed E-state index contributed by atoms with van der Waals surface area (Å²) in [5, 5.41) is 18.0. The smallest absolute Gasteiger partial charge is 0.223 e. The molecule has 0 saturated carbocycles. The molecule has 1 amide bonds. The zero-order chi connectivity index (χ0) is 16.0. The number of amides is 1. The van der Waals surface area contributed by atoms with Gasteiger partial charge in [-0.2, -0.15) is 0 Å². The molecular weight excluding hydrogens is 274 g/mol. The number of hydrogen-bond donors (Lipinski definition) is 2. The molecule has 1 saturated heterocycles.